The first-order valence-corrected chi connectivity index (χ1v) is 5.16. The number of carbonyl (C=O) groups is 1. The number of alkyl halides is 3. The van der Waals surface area contributed by atoms with Crippen molar-refractivity contribution in [2.75, 3.05) is 0 Å². The molecule has 1 aliphatic carbocycles. The lowest BCUT2D eigenvalue weighted by atomic mass is 9.98. The van der Waals surface area contributed by atoms with Crippen molar-refractivity contribution in [3.8, 4) is 0 Å². The maximum absolute atomic E-state index is 12.8. The lowest BCUT2D eigenvalue weighted by Crippen LogP contribution is -2.34. The highest BCUT2D eigenvalue weighted by Crippen LogP contribution is 2.67. The van der Waals surface area contributed by atoms with E-state index < -0.39 is 23.5 Å². The van der Waals surface area contributed by atoms with E-state index >= 15 is 0 Å². The second-order valence-electron chi connectivity index (χ2n) is 4.44. The first-order chi connectivity index (χ1) is 7.79. The molecular formula is C12H11F3O2. The normalized spacial score (nSPS) is 27.9. The topological polar surface area (TPSA) is 37.3 Å². The van der Waals surface area contributed by atoms with Crippen LogP contribution in [0.1, 0.15) is 23.5 Å². The first-order valence-electron chi connectivity index (χ1n) is 5.16. The molecule has 92 valence electrons. The summed E-state index contributed by atoms with van der Waals surface area (Å²) in [6, 6.07) is 6.51. The van der Waals surface area contributed by atoms with Crippen LogP contribution < -0.4 is 0 Å². The van der Waals surface area contributed by atoms with Crippen LogP contribution >= 0.6 is 0 Å². The van der Waals surface area contributed by atoms with Gasteiger partial charge >= 0.3 is 12.1 Å². The standard InChI is InChI=1S/C12H11F3O2/c1-7-2-4-8(5-3-7)9-6-11(9,10(16)17)12(13,14)15/h2-5,9H,6H2,1H3,(H,16,17). The summed E-state index contributed by atoms with van der Waals surface area (Å²) in [6.07, 6.45) is -5.07. The van der Waals surface area contributed by atoms with Crippen LogP contribution in [-0.4, -0.2) is 17.3 Å². The van der Waals surface area contributed by atoms with Gasteiger partial charge in [-0.05, 0) is 18.9 Å². The fourth-order valence-electron chi connectivity index (χ4n) is 2.14. The molecule has 0 amide bonds. The molecule has 1 saturated carbocycles. The second kappa shape index (κ2) is 3.48. The molecular weight excluding hydrogens is 233 g/mol. The van der Waals surface area contributed by atoms with Gasteiger partial charge in [0.1, 0.15) is 0 Å². The molecule has 2 atom stereocenters. The van der Waals surface area contributed by atoms with Gasteiger partial charge in [0, 0.05) is 5.92 Å². The molecule has 2 unspecified atom stereocenters. The Kier molecular flexibility index (Phi) is 2.45. The Morgan fingerprint density at radius 3 is 2.24 bits per heavy atom. The van der Waals surface area contributed by atoms with E-state index in [-0.39, 0.29) is 6.42 Å². The van der Waals surface area contributed by atoms with Crippen molar-refractivity contribution in [3.05, 3.63) is 35.4 Å². The average Bonchev–Trinajstić information content (AvgIpc) is 2.94. The number of hydrogen-bond acceptors (Lipinski definition) is 1. The molecule has 1 fully saturated rings. The maximum atomic E-state index is 12.8. The van der Waals surface area contributed by atoms with Gasteiger partial charge in [-0.15, -0.1) is 0 Å². The van der Waals surface area contributed by atoms with Crippen molar-refractivity contribution >= 4 is 5.97 Å². The SMILES string of the molecule is Cc1ccc(C2CC2(C(=O)O)C(F)(F)F)cc1. The van der Waals surface area contributed by atoms with Gasteiger partial charge < -0.3 is 5.11 Å². The molecule has 17 heavy (non-hydrogen) atoms. The lowest BCUT2D eigenvalue weighted by Gasteiger charge is -2.16. The summed E-state index contributed by atoms with van der Waals surface area (Å²) in [4.78, 5) is 10.9. The smallest absolute Gasteiger partial charge is 0.405 e. The molecule has 0 spiro atoms. The van der Waals surface area contributed by atoms with E-state index in [0.29, 0.717) is 5.56 Å². The summed E-state index contributed by atoms with van der Waals surface area (Å²) >= 11 is 0. The maximum Gasteiger partial charge on any atom is 0.405 e. The first kappa shape index (κ1) is 12.0. The zero-order chi connectivity index (χ0) is 12.8. The Morgan fingerprint density at radius 1 is 1.35 bits per heavy atom. The van der Waals surface area contributed by atoms with Crippen LogP contribution in [0.4, 0.5) is 13.2 Å². The highest BCUT2D eigenvalue weighted by molar-refractivity contribution is 5.81. The minimum Gasteiger partial charge on any atom is -0.481 e. The molecule has 1 aromatic rings. The number of carboxylic acids is 1. The molecule has 0 aliphatic heterocycles. The number of halogens is 3. The fourth-order valence-corrected chi connectivity index (χ4v) is 2.14. The molecule has 1 aromatic carbocycles. The Hall–Kier alpha value is -1.52. The number of benzene rings is 1. The predicted molar refractivity (Wildman–Crippen MR) is 54.7 cm³/mol. The van der Waals surface area contributed by atoms with Crippen molar-refractivity contribution in [1.82, 2.24) is 0 Å². The van der Waals surface area contributed by atoms with Crippen molar-refractivity contribution in [3.63, 3.8) is 0 Å². The van der Waals surface area contributed by atoms with Crippen LogP contribution in [-0.2, 0) is 4.79 Å². The molecule has 1 N–H and O–H groups in total. The summed E-state index contributed by atoms with van der Waals surface area (Å²) in [5.74, 6) is -2.74. The summed E-state index contributed by atoms with van der Waals surface area (Å²) in [6.45, 7) is 1.82. The molecule has 0 bridgehead atoms. The zero-order valence-electron chi connectivity index (χ0n) is 9.08. The third-order valence-electron chi connectivity index (χ3n) is 3.33. The average molecular weight is 244 g/mol. The summed E-state index contributed by atoms with van der Waals surface area (Å²) in [5.41, 5.74) is -1.21. The highest BCUT2D eigenvalue weighted by Gasteiger charge is 2.76. The third-order valence-corrected chi connectivity index (χ3v) is 3.33. The lowest BCUT2D eigenvalue weighted by molar-refractivity contribution is -0.204. The Labute approximate surface area is 96.1 Å². The van der Waals surface area contributed by atoms with Crippen molar-refractivity contribution < 1.29 is 23.1 Å². The van der Waals surface area contributed by atoms with E-state index in [1.54, 1.807) is 24.3 Å². The van der Waals surface area contributed by atoms with E-state index in [1.807, 2.05) is 6.92 Å². The van der Waals surface area contributed by atoms with Crippen LogP contribution in [0, 0.1) is 12.3 Å². The van der Waals surface area contributed by atoms with Crippen LogP contribution in [0.2, 0.25) is 0 Å². The fraction of sp³-hybridized carbons (Fsp3) is 0.417. The summed E-state index contributed by atoms with van der Waals surface area (Å²) < 4.78 is 38.3. The highest BCUT2D eigenvalue weighted by atomic mass is 19.4. The second-order valence-corrected chi connectivity index (χ2v) is 4.44. The van der Waals surface area contributed by atoms with Gasteiger partial charge in [0.15, 0.2) is 5.41 Å². The quantitative estimate of drug-likeness (QED) is 0.867. The van der Waals surface area contributed by atoms with Crippen molar-refractivity contribution in [2.45, 2.75) is 25.4 Å². The minimum atomic E-state index is -4.70. The van der Waals surface area contributed by atoms with Gasteiger partial charge in [0.05, 0.1) is 0 Å². The Balaban J connectivity index is 2.33. The van der Waals surface area contributed by atoms with Crippen molar-refractivity contribution in [2.24, 2.45) is 5.41 Å². The Morgan fingerprint density at radius 2 is 1.88 bits per heavy atom. The van der Waals surface area contributed by atoms with E-state index in [1.165, 1.54) is 0 Å². The van der Waals surface area contributed by atoms with Gasteiger partial charge in [-0.1, -0.05) is 29.8 Å². The molecule has 2 rings (SSSR count). The molecule has 2 nitrogen and oxygen atoms in total. The number of aliphatic carboxylic acids is 1. The van der Waals surface area contributed by atoms with Crippen LogP contribution in [0.25, 0.3) is 0 Å². The van der Waals surface area contributed by atoms with Gasteiger partial charge in [0.25, 0.3) is 0 Å². The zero-order valence-corrected chi connectivity index (χ0v) is 9.08. The van der Waals surface area contributed by atoms with E-state index in [4.69, 9.17) is 5.11 Å². The molecule has 0 aromatic heterocycles. The van der Waals surface area contributed by atoms with Crippen LogP contribution in [0.5, 0.6) is 0 Å². The molecule has 0 heterocycles. The van der Waals surface area contributed by atoms with Crippen molar-refractivity contribution in [1.29, 1.82) is 0 Å². The minimum absolute atomic E-state index is 0.366. The van der Waals surface area contributed by atoms with Gasteiger partial charge in [0.2, 0.25) is 0 Å². The molecule has 0 radical (unpaired) electrons. The number of aryl methyl sites for hydroxylation is 1. The van der Waals surface area contributed by atoms with Crippen LogP contribution in [0.15, 0.2) is 24.3 Å². The summed E-state index contributed by atoms with van der Waals surface area (Å²) in [7, 11) is 0. The van der Waals surface area contributed by atoms with Crippen LogP contribution in [0.3, 0.4) is 0 Å². The van der Waals surface area contributed by atoms with E-state index in [2.05, 4.69) is 0 Å². The van der Waals surface area contributed by atoms with Gasteiger partial charge in [-0.2, -0.15) is 13.2 Å². The molecule has 0 saturated heterocycles. The molecule has 1 aliphatic rings. The number of hydrogen-bond donors (Lipinski definition) is 1. The van der Waals surface area contributed by atoms with E-state index in [9.17, 15) is 18.0 Å². The van der Waals surface area contributed by atoms with Gasteiger partial charge in [-0.25, -0.2) is 0 Å². The molecule has 5 heteroatoms. The number of rotatable bonds is 2. The summed E-state index contributed by atoms with van der Waals surface area (Å²) in [5, 5.41) is 8.81. The monoisotopic (exact) mass is 244 g/mol. The third kappa shape index (κ3) is 1.69. The van der Waals surface area contributed by atoms with Gasteiger partial charge in [-0.3, -0.25) is 4.79 Å². The largest absolute Gasteiger partial charge is 0.481 e. The Bertz CT molecular complexity index is 450. The van der Waals surface area contributed by atoms with E-state index in [0.717, 1.165) is 5.56 Å². The number of carboxylic acid groups (broad SMARTS) is 1. The predicted octanol–water partition coefficient (Wildman–Crippen LogP) is 3.12.